The van der Waals surface area contributed by atoms with Gasteiger partial charge in [0.25, 0.3) is 0 Å². The van der Waals surface area contributed by atoms with Crippen LogP contribution < -0.4 is 10.6 Å². The molecule has 0 aliphatic heterocycles. The van der Waals surface area contributed by atoms with Crippen LogP contribution in [-0.2, 0) is 16.0 Å². The number of carbonyl (C=O) groups excluding carboxylic acids is 2. The fourth-order valence-electron chi connectivity index (χ4n) is 2.45. The Morgan fingerprint density at radius 3 is 2.45 bits per heavy atom. The lowest BCUT2D eigenvalue weighted by atomic mass is 10.2. The summed E-state index contributed by atoms with van der Waals surface area (Å²) in [5, 5.41) is 10.0. The van der Waals surface area contributed by atoms with E-state index in [2.05, 4.69) is 36.7 Å². The summed E-state index contributed by atoms with van der Waals surface area (Å²) in [5.41, 5.74) is 1.49. The van der Waals surface area contributed by atoms with E-state index in [9.17, 15) is 9.59 Å². The van der Waals surface area contributed by atoms with Gasteiger partial charge in [0.1, 0.15) is 0 Å². The molecule has 7 nitrogen and oxygen atoms in total. The summed E-state index contributed by atoms with van der Waals surface area (Å²) < 4.78 is 6.11. The summed E-state index contributed by atoms with van der Waals surface area (Å²) in [6, 6.07) is 14.3. The first-order valence-electron chi connectivity index (χ1n) is 8.90. The van der Waals surface area contributed by atoms with Gasteiger partial charge in [0.05, 0.1) is 0 Å². The molecular weight excluding hydrogens is 460 g/mol. The molecule has 0 spiro atoms. The molecule has 3 aromatic rings. The zero-order chi connectivity index (χ0) is 20.6. The third-order valence-electron chi connectivity index (χ3n) is 3.94. The van der Waals surface area contributed by atoms with Crippen molar-refractivity contribution in [3.8, 4) is 11.4 Å². The second-order valence-electron chi connectivity index (χ2n) is 6.17. The van der Waals surface area contributed by atoms with E-state index in [-0.39, 0.29) is 31.2 Å². The molecule has 150 valence electrons. The van der Waals surface area contributed by atoms with Gasteiger partial charge >= 0.3 is 0 Å². The van der Waals surface area contributed by atoms with Crippen LogP contribution in [0, 0.1) is 0 Å². The topological polar surface area (TPSA) is 97.1 Å². The van der Waals surface area contributed by atoms with Crippen molar-refractivity contribution in [2.75, 3.05) is 11.9 Å². The highest BCUT2D eigenvalue weighted by atomic mass is 79.9. The first-order chi connectivity index (χ1) is 14.0. The number of hydrogen-bond acceptors (Lipinski definition) is 5. The van der Waals surface area contributed by atoms with Crippen LogP contribution in [0.2, 0.25) is 5.02 Å². The Hall–Kier alpha value is -2.71. The highest BCUT2D eigenvalue weighted by Crippen LogP contribution is 2.19. The fourth-order valence-corrected chi connectivity index (χ4v) is 2.84. The molecule has 2 aromatic carbocycles. The van der Waals surface area contributed by atoms with Gasteiger partial charge in [-0.2, -0.15) is 4.98 Å². The Bertz CT molecular complexity index is 974. The van der Waals surface area contributed by atoms with Crippen LogP contribution in [0.15, 0.2) is 57.5 Å². The van der Waals surface area contributed by atoms with Crippen molar-refractivity contribution >= 4 is 45.0 Å². The number of rotatable bonds is 8. The number of nitrogens with zero attached hydrogens (tertiary/aromatic N) is 2. The van der Waals surface area contributed by atoms with Crippen molar-refractivity contribution in [3.63, 3.8) is 0 Å². The Labute approximate surface area is 181 Å². The number of hydrogen-bond donors (Lipinski definition) is 2. The van der Waals surface area contributed by atoms with Crippen molar-refractivity contribution in [2.24, 2.45) is 0 Å². The van der Waals surface area contributed by atoms with Crippen LogP contribution >= 0.6 is 27.5 Å². The third kappa shape index (κ3) is 6.69. The highest BCUT2D eigenvalue weighted by Gasteiger charge is 2.11. The summed E-state index contributed by atoms with van der Waals surface area (Å²) in [5.74, 6) is 0.463. The van der Waals surface area contributed by atoms with Crippen molar-refractivity contribution in [1.29, 1.82) is 0 Å². The highest BCUT2D eigenvalue weighted by molar-refractivity contribution is 9.10. The summed E-state index contributed by atoms with van der Waals surface area (Å²) in [6.45, 7) is 0.251. The van der Waals surface area contributed by atoms with E-state index < -0.39 is 0 Å². The Kier molecular flexibility index (Phi) is 7.37. The number of aryl methyl sites for hydroxylation is 1. The fraction of sp³-hybridized carbons (Fsp3) is 0.200. The van der Waals surface area contributed by atoms with Crippen LogP contribution in [0.4, 0.5) is 5.69 Å². The molecule has 0 radical (unpaired) electrons. The predicted molar refractivity (Wildman–Crippen MR) is 113 cm³/mol. The Balaban J connectivity index is 1.37. The first-order valence-corrected chi connectivity index (χ1v) is 10.1. The zero-order valence-corrected chi connectivity index (χ0v) is 17.7. The quantitative estimate of drug-likeness (QED) is 0.506. The maximum Gasteiger partial charge on any atom is 0.227 e. The summed E-state index contributed by atoms with van der Waals surface area (Å²) in [7, 11) is 0. The van der Waals surface area contributed by atoms with Gasteiger partial charge in [-0.05, 0) is 48.5 Å². The van der Waals surface area contributed by atoms with E-state index in [1.54, 1.807) is 36.4 Å². The van der Waals surface area contributed by atoms with Gasteiger partial charge in [0.15, 0.2) is 0 Å². The molecule has 0 atom stereocenters. The number of benzene rings is 2. The van der Waals surface area contributed by atoms with Crippen LogP contribution in [0.25, 0.3) is 11.4 Å². The number of halogens is 2. The van der Waals surface area contributed by atoms with E-state index in [1.807, 2.05) is 12.1 Å². The van der Waals surface area contributed by atoms with E-state index >= 15 is 0 Å². The zero-order valence-electron chi connectivity index (χ0n) is 15.3. The molecule has 0 unspecified atom stereocenters. The molecule has 0 fully saturated rings. The minimum Gasteiger partial charge on any atom is -0.356 e. The van der Waals surface area contributed by atoms with E-state index in [4.69, 9.17) is 16.1 Å². The largest absolute Gasteiger partial charge is 0.356 e. The second-order valence-corrected chi connectivity index (χ2v) is 7.53. The van der Waals surface area contributed by atoms with E-state index in [1.165, 1.54) is 0 Å². The molecule has 2 amide bonds. The molecule has 29 heavy (non-hydrogen) atoms. The minimum atomic E-state index is -0.187. The standard InChI is InChI=1S/C20H18BrClN4O3/c21-14-3-7-16(8-4-14)24-18(28)11-12-23-17(27)9-10-19-25-20(26-29-19)13-1-5-15(22)6-2-13/h1-8H,9-12H2,(H,23,27)(H,24,28). The normalized spacial score (nSPS) is 10.6. The van der Waals surface area contributed by atoms with Gasteiger partial charge in [-0.3, -0.25) is 9.59 Å². The maximum atomic E-state index is 12.0. The monoisotopic (exact) mass is 476 g/mol. The molecule has 1 heterocycles. The molecule has 2 N–H and O–H groups in total. The molecular formula is C20H18BrClN4O3. The lowest BCUT2D eigenvalue weighted by Crippen LogP contribution is -2.27. The first kappa shape index (κ1) is 21.0. The predicted octanol–water partition coefficient (Wildman–Crippen LogP) is 4.23. The van der Waals surface area contributed by atoms with Gasteiger partial charge in [-0.25, -0.2) is 0 Å². The molecule has 0 saturated heterocycles. The Morgan fingerprint density at radius 1 is 1.00 bits per heavy atom. The van der Waals surface area contributed by atoms with Gasteiger partial charge in [-0.15, -0.1) is 0 Å². The van der Waals surface area contributed by atoms with Crippen molar-refractivity contribution < 1.29 is 14.1 Å². The second kappa shape index (κ2) is 10.2. The molecule has 9 heteroatoms. The number of carbonyl (C=O) groups is 2. The van der Waals surface area contributed by atoms with Crippen LogP contribution in [-0.4, -0.2) is 28.5 Å². The number of amides is 2. The van der Waals surface area contributed by atoms with E-state index in [0.29, 0.717) is 28.8 Å². The van der Waals surface area contributed by atoms with Crippen molar-refractivity contribution in [3.05, 3.63) is 63.9 Å². The van der Waals surface area contributed by atoms with Crippen LogP contribution in [0.1, 0.15) is 18.7 Å². The molecule has 1 aromatic heterocycles. The van der Waals surface area contributed by atoms with Crippen LogP contribution in [0.3, 0.4) is 0 Å². The SMILES string of the molecule is O=C(CCc1nc(-c2ccc(Cl)cc2)no1)NCCC(=O)Nc1ccc(Br)cc1. The average Bonchev–Trinajstić information content (AvgIpc) is 3.18. The molecule has 0 saturated carbocycles. The van der Waals surface area contributed by atoms with Crippen LogP contribution in [0.5, 0.6) is 0 Å². The third-order valence-corrected chi connectivity index (χ3v) is 4.72. The van der Waals surface area contributed by atoms with E-state index in [0.717, 1.165) is 10.0 Å². The molecule has 3 rings (SSSR count). The average molecular weight is 478 g/mol. The smallest absolute Gasteiger partial charge is 0.227 e. The molecule has 0 bridgehead atoms. The lowest BCUT2D eigenvalue weighted by molar-refractivity contribution is -0.121. The summed E-state index contributed by atoms with van der Waals surface area (Å²) in [4.78, 5) is 28.1. The lowest BCUT2D eigenvalue weighted by Gasteiger charge is -2.06. The van der Waals surface area contributed by atoms with Crippen molar-refractivity contribution in [2.45, 2.75) is 19.3 Å². The summed E-state index contributed by atoms with van der Waals surface area (Å²) >= 11 is 9.20. The van der Waals surface area contributed by atoms with Gasteiger partial charge in [-0.1, -0.05) is 32.7 Å². The number of aromatic nitrogens is 2. The Morgan fingerprint density at radius 2 is 1.72 bits per heavy atom. The number of nitrogens with one attached hydrogen (secondary N) is 2. The van der Waals surface area contributed by atoms with Gasteiger partial charge in [0, 0.05) is 46.6 Å². The van der Waals surface area contributed by atoms with Crippen molar-refractivity contribution in [1.82, 2.24) is 15.5 Å². The van der Waals surface area contributed by atoms with Gasteiger partial charge in [0.2, 0.25) is 23.5 Å². The molecule has 0 aliphatic rings. The van der Waals surface area contributed by atoms with Gasteiger partial charge < -0.3 is 15.2 Å². The maximum absolute atomic E-state index is 12.0. The number of anilines is 1. The summed E-state index contributed by atoms with van der Waals surface area (Å²) in [6.07, 6.45) is 0.692. The minimum absolute atomic E-state index is 0.169. The molecule has 0 aliphatic carbocycles.